The lowest BCUT2D eigenvalue weighted by atomic mass is 10.0. The summed E-state index contributed by atoms with van der Waals surface area (Å²) in [6.07, 6.45) is 1.86. The highest BCUT2D eigenvalue weighted by molar-refractivity contribution is 5.91. The summed E-state index contributed by atoms with van der Waals surface area (Å²) in [6.45, 7) is 3.28. The average Bonchev–Trinajstić information content (AvgIpc) is 3.01. The number of aromatic nitrogens is 1. The van der Waals surface area contributed by atoms with Gasteiger partial charge in [-0.2, -0.15) is 0 Å². The fraction of sp³-hybridized carbons (Fsp3) is 0.389. The van der Waals surface area contributed by atoms with Gasteiger partial charge in [-0.1, -0.05) is 32.0 Å². The molecule has 1 aromatic heterocycles. The number of nitrogens with two attached hydrogens (primary N) is 1. The van der Waals surface area contributed by atoms with Crippen molar-refractivity contribution < 1.29 is 19.5 Å². The first kappa shape index (κ1) is 19.5. The van der Waals surface area contributed by atoms with E-state index >= 15 is 0 Å². The number of aromatic amines is 1. The van der Waals surface area contributed by atoms with Gasteiger partial charge >= 0.3 is 5.97 Å². The molecule has 0 unspecified atom stereocenters. The van der Waals surface area contributed by atoms with E-state index in [0.717, 1.165) is 16.5 Å². The maximum absolute atomic E-state index is 12.5. The molecule has 0 aliphatic heterocycles. The summed E-state index contributed by atoms with van der Waals surface area (Å²) in [5, 5.41) is 15.5. The van der Waals surface area contributed by atoms with Gasteiger partial charge in [-0.05, 0) is 17.5 Å². The SMILES string of the molecule is CC(C)[C@H](NC(=O)CN)C(=O)N[C@@H](Cc1c[nH]c2ccccc12)C(=O)O. The molecule has 2 rings (SSSR count). The number of carboxylic acids is 1. The monoisotopic (exact) mass is 360 g/mol. The van der Waals surface area contributed by atoms with Gasteiger partial charge in [0.15, 0.2) is 0 Å². The highest BCUT2D eigenvalue weighted by Crippen LogP contribution is 2.19. The van der Waals surface area contributed by atoms with Gasteiger partial charge in [0.05, 0.1) is 6.54 Å². The summed E-state index contributed by atoms with van der Waals surface area (Å²) in [7, 11) is 0. The molecular weight excluding hydrogens is 336 g/mol. The summed E-state index contributed by atoms with van der Waals surface area (Å²) < 4.78 is 0. The van der Waals surface area contributed by atoms with Gasteiger partial charge in [-0.3, -0.25) is 9.59 Å². The predicted molar refractivity (Wildman–Crippen MR) is 97.4 cm³/mol. The number of benzene rings is 1. The van der Waals surface area contributed by atoms with Crippen molar-refractivity contribution in [1.29, 1.82) is 0 Å². The number of carboxylic acid groups (broad SMARTS) is 1. The quantitative estimate of drug-likeness (QED) is 0.463. The van der Waals surface area contributed by atoms with Crippen LogP contribution in [0.15, 0.2) is 30.5 Å². The van der Waals surface area contributed by atoms with Gasteiger partial charge in [0.1, 0.15) is 12.1 Å². The topological polar surface area (TPSA) is 137 Å². The molecule has 0 bridgehead atoms. The normalized spacial score (nSPS) is 13.4. The second-order valence-electron chi connectivity index (χ2n) is 6.46. The minimum Gasteiger partial charge on any atom is -0.480 e. The lowest BCUT2D eigenvalue weighted by Gasteiger charge is -2.23. The van der Waals surface area contributed by atoms with Crippen molar-refractivity contribution in [3.05, 3.63) is 36.0 Å². The van der Waals surface area contributed by atoms with Crippen molar-refractivity contribution >= 4 is 28.7 Å². The molecule has 0 radical (unpaired) electrons. The van der Waals surface area contributed by atoms with Crippen LogP contribution in [0.2, 0.25) is 0 Å². The Labute approximate surface area is 151 Å². The Bertz CT molecular complexity index is 799. The molecule has 0 fully saturated rings. The number of H-pyrrole nitrogens is 1. The van der Waals surface area contributed by atoms with Gasteiger partial charge in [-0.25, -0.2) is 4.79 Å². The third-order valence-electron chi connectivity index (χ3n) is 4.16. The zero-order chi connectivity index (χ0) is 19.3. The average molecular weight is 360 g/mol. The Morgan fingerprint density at radius 2 is 1.88 bits per heavy atom. The number of nitrogens with one attached hydrogen (secondary N) is 3. The molecule has 2 aromatic rings. The fourth-order valence-corrected chi connectivity index (χ4v) is 2.75. The summed E-state index contributed by atoms with van der Waals surface area (Å²) >= 11 is 0. The summed E-state index contributed by atoms with van der Waals surface area (Å²) in [5.41, 5.74) is 6.96. The number of rotatable bonds is 8. The third kappa shape index (κ3) is 4.60. The van der Waals surface area contributed by atoms with Crippen molar-refractivity contribution in [2.75, 3.05) is 6.54 Å². The third-order valence-corrected chi connectivity index (χ3v) is 4.16. The van der Waals surface area contributed by atoms with Crippen molar-refractivity contribution in [1.82, 2.24) is 15.6 Å². The van der Waals surface area contributed by atoms with Crippen LogP contribution < -0.4 is 16.4 Å². The Hall–Kier alpha value is -2.87. The molecule has 140 valence electrons. The van der Waals surface area contributed by atoms with Crippen LogP contribution >= 0.6 is 0 Å². The Kier molecular flexibility index (Phi) is 6.35. The Morgan fingerprint density at radius 3 is 2.50 bits per heavy atom. The molecule has 2 amide bonds. The van der Waals surface area contributed by atoms with Crippen LogP contribution in [-0.2, 0) is 20.8 Å². The minimum atomic E-state index is -1.14. The van der Waals surface area contributed by atoms with Crippen LogP contribution in [-0.4, -0.2) is 46.5 Å². The van der Waals surface area contributed by atoms with Crippen LogP contribution in [0.3, 0.4) is 0 Å². The van der Waals surface area contributed by atoms with Gasteiger partial charge < -0.3 is 26.5 Å². The van der Waals surface area contributed by atoms with Gasteiger partial charge in [-0.15, -0.1) is 0 Å². The van der Waals surface area contributed by atoms with E-state index in [-0.39, 0.29) is 18.9 Å². The maximum atomic E-state index is 12.5. The summed E-state index contributed by atoms with van der Waals surface area (Å²) in [4.78, 5) is 38.7. The predicted octanol–water partition coefficient (Wildman–Crippen LogP) is 0.379. The zero-order valence-corrected chi connectivity index (χ0v) is 14.8. The molecule has 26 heavy (non-hydrogen) atoms. The van der Waals surface area contributed by atoms with Crippen LogP contribution in [0, 0.1) is 5.92 Å². The molecule has 8 heteroatoms. The molecule has 0 saturated carbocycles. The molecule has 6 N–H and O–H groups in total. The molecule has 8 nitrogen and oxygen atoms in total. The van der Waals surface area contributed by atoms with E-state index in [0.29, 0.717) is 0 Å². The van der Waals surface area contributed by atoms with E-state index in [9.17, 15) is 19.5 Å². The highest BCUT2D eigenvalue weighted by Gasteiger charge is 2.29. The molecule has 0 spiro atoms. The number of hydrogen-bond acceptors (Lipinski definition) is 4. The second kappa shape index (κ2) is 8.48. The smallest absolute Gasteiger partial charge is 0.326 e. The van der Waals surface area contributed by atoms with Crippen molar-refractivity contribution in [2.45, 2.75) is 32.4 Å². The first-order chi connectivity index (χ1) is 12.3. The van der Waals surface area contributed by atoms with E-state index in [1.165, 1.54) is 0 Å². The van der Waals surface area contributed by atoms with Crippen LogP contribution in [0.1, 0.15) is 19.4 Å². The van der Waals surface area contributed by atoms with Gasteiger partial charge in [0.2, 0.25) is 11.8 Å². The van der Waals surface area contributed by atoms with E-state index < -0.39 is 29.9 Å². The molecule has 2 atom stereocenters. The van der Waals surface area contributed by atoms with Crippen molar-refractivity contribution in [3.63, 3.8) is 0 Å². The molecule has 0 aliphatic rings. The van der Waals surface area contributed by atoms with Crippen LogP contribution in [0.4, 0.5) is 0 Å². The number of para-hydroxylation sites is 1. The molecule has 0 aliphatic carbocycles. The molecule has 1 aromatic carbocycles. The summed E-state index contributed by atoms with van der Waals surface area (Å²) in [5.74, 6) is -2.37. The standard InChI is InChI=1S/C18H24N4O4/c1-10(2)16(22-15(23)8-19)17(24)21-14(18(25)26)7-11-9-20-13-6-4-3-5-12(11)13/h3-6,9-10,14,16,20H,7-8,19H2,1-2H3,(H,21,24)(H,22,23)(H,25,26)/t14-,16-/m0/s1. The van der Waals surface area contributed by atoms with Crippen LogP contribution in [0.25, 0.3) is 10.9 Å². The lowest BCUT2D eigenvalue weighted by molar-refractivity contribution is -0.142. The Balaban J connectivity index is 2.15. The van der Waals surface area contributed by atoms with E-state index in [2.05, 4.69) is 15.6 Å². The van der Waals surface area contributed by atoms with Gasteiger partial charge in [0, 0.05) is 23.5 Å². The van der Waals surface area contributed by atoms with E-state index in [1.807, 2.05) is 24.3 Å². The fourth-order valence-electron chi connectivity index (χ4n) is 2.75. The number of aliphatic carboxylic acids is 1. The second-order valence-corrected chi connectivity index (χ2v) is 6.46. The zero-order valence-electron chi connectivity index (χ0n) is 14.8. The first-order valence-corrected chi connectivity index (χ1v) is 8.41. The molecule has 1 heterocycles. The van der Waals surface area contributed by atoms with E-state index in [4.69, 9.17) is 5.73 Å². The molecule has 0 saturated heterocycles. The summed E-state index contributed by atoms with van der Waals surface area (Å²) in [6, 6.07) is 5.57. The van der Waals surface area contributed by atoms with Crippen LogP contribution in [0.5, 0.6) is 0 Å². The van der Waals surface area contributed by atoms with E-state index in [1.54, 1.807) is 20.0 Å². The lowest BCUT2D eigenvalue weighted by Crippen LogP contribution is -2.55. The highest BCUT2D eigenvalue weighted by atomic mass is 16.4. The maximum Gasteiger partial charge on any atom is 0.326 e. The van der Waals surface area contributed by atoms with Crippen molar-refractivity contribution in [2.24, 2.45) is 11.7 Å². The first-order valence-electron chi connectivity index (χ1n) is 8.41. The largest absolute Gasteiger partial charge is 0.480 e. The number of hydrogen-bond donors (Lipinski definition) is 5. The molecular formula is C18H24N4O4. The number of fused-ring (bicyclic) bond motifs is 1. The van der Waals surface area contributed by atoms with Gasteiger partial charge in [0.25, 0.3) is 0 Å². The number of carbonyl (C=O) groups is 3. The number of carbonyl (C=O) groups excluding carboxylic acids is 2. The van der Waals surface area contributed by atoms with Crippen molar-refractivity contribution in [3.8, 4) is 0 Å². The Morgan fingerprint density at radius 1 is 1.19 bits per heavy atom. The number of amides is 2. The minimum absolute atomic E-state index is 0.126.